The summed E-state index contributed by atoms with van der Waals surface area (Å²) in [5.41, 5.74) is 5.32. The Bertz CT molecular complexity index is 782. The highest BCUT2D eigenvalue weighted by atomic mass is 16.2. The summed E-state index contributed by atoms with van der Waals surface area (Å²) >= 11 is 0. The molecule has 0 saturated heterocycles. The van der Waals surface area contributed by atoms with Crippen molar-refractivity contribution in [2.45, 2.75) is 167 Å². The second-order valence-corrected chi connectivity index (χ2v) is 11.9. The Balaban J connectivity index is 3.55. The minimum atomic E-state index is -0.397. The van der Waals surface area contributed by atoms with Crippen molar-refractivity contribution in [2.24, 2.45) is 5.73 Å². The summed E-state index contributed by atoms with van der Waals surface area (Å²) in [6.45, 7) is 2.45. The lowest BCUT2D eigenvalue weighted by atomic mass is 10.0. The van der Waals surface area contributed by atoms with Gasteiger partial charge >= 0.3 is 0 Å². The molecule has 3 N–H and O–H groups in total. The first kappa shape index (κ1) is 40.7. The molecule has 0 saturated carbocycles. The third kappa shape index (κ3) is 34.1. The van der Waals surface area contributed by atoms with Crippen molar-refractivity contribution in [3.05, 3.63) is 48.6 Å². The van der Waals surface area contributed by atoms with Crippen molar-refractivity contribution in [3.63, 3.8) is 0 Å². The van der Waals surface area contributed by atoms with Gasteiger partial charge in [0, 0.05) is 18.6 Å². The quantitative estimate of drug-likeness (QED) is 0.0472. The molecule has 0 atom stereocenters. The van der Waals surface area contributed by atoms with Gasteiger partial charge in [0.05, 0.1) is 6.54 Å². The number of imide groups is 1. The molecule has 0 radical (unpaired) electrons. The number of nitrogens with one attached hydrogen (secondary N) is 1. The molecule has 0 aromatic carbocycles. The fraction of sp³-hybridized carbons (Fsp3) is 0.711. The summed E-state index contributed by atoms with van der Waals surface area (Å²) in [7, 11) is 0. The van der Waals surface area contributed by atoms with Gasteiger partial charge in [-0.3, -0.25) is 19.7 Å². The fourth-order valence-electron chi connectivity index (χ4n) is 5.04. The van der Waals surface area contributed by atoms with Crippen LogP contribution in [0.15, 0.2) is 48.6 Å². The number of carbonyl (C=O) groups is 3. The van der Waals surface area contributed by atoms with Crippen LogP contribution in [-0.4, -0.2) is 24.1 Å². The van der Waals surface area contributed by atoms with E-state index in [1.807, 2.05) is 12.2 Å². The number of rotatable bonds is 31. The molecular formula is C38H66N2O3. The van der Waals surface area contributed by atoms with Crippen LogP contribution < -0.4 is 11.1 Å². The van der Waals surface area contributed by atoms with Crippen molar-refractivity contribution in [2.75, 3.05) is 6.54 Å². The van der Waals surface area contributed by atoms with Gasteiger partial charge in [0.1, 0.15) is 5.78 Å². The van der Waals surface area contributed by atoms with Crippen LogP contribution in [0.2, 0.25) is 0 Å². The van der Waals surface area contributed by atoms with E-state index in [-0.39, 0.29) is 12.3 Å². The Hall–Kier alpha value is -2.27. The molecule has 0 bridgehead atoms. The smallest absolute Gasteiger partial charge is 0.250 e. The second-order valence-electron chi connectivity index (χ2n) is 11.9. The van der Waals surface area contributed by atoms with Crippen LogP contribution >= 0.6 is 0 Å². The maximum Gasteiger partial charge on any atom is 0.250 e. The summed E-state index contributed by atoms with van der Waals surface area (Å²) in [6, 6.07) is 0. The highest BCUT2D eigenvalue weighted by Crippen LogP contribution is 2.13. The van der Waals surface area contributed by atoms with E-state index in [0.29, 0.717) is 6.42 Å². The summed E-state index contributed by atoms with van der Waals surface area (Å²) in [5.74, 6) is -0.612. The Labute approximate surface area is 265 Å². The van der Waals surface area contributed by atoms with E-state index in [0.717, 1.165) is 32.1 Å². The number of Topliss-reactive ketones (excluding diaryl/α,β-unsaturated/α-hetero) is 1. The monoisotopic (exact) mass is 599 g/mol. The first-order chi connectivity index (χ1) is 21.1. The first-order valence-corrected chi connectivity index (χ1v) is 17.8. The molecule has 43 heavy (non-hydrogen) atoms. The number of unbranched alkanes of at least 4 members (excludes halogenated alkanes) is 22. The van der Waals surface area contributed by atoms with E-state index in [1.54, 1.807) is 12.2 Å². The topological polar surface area (TPSA) is 89.3 Å². The van der Waals surface area contributed by atoms with Crippen LogP contribution in [0.1, 0.15) is 167 Å². The van der Waals surface area contributed by atoms with Gasteiger partial charge in [-0.05, 0) is 32.1 Å². The highest BCUT2D eigenvalue weighted by molar-refractivity contribution is 6.05. The molecule has 0 aliphatic rings. The molecule has 5 nitrogen and oxygen atoms in total. The molecule has 5 heteroatoms. The van der Waals surface area contributed by atoms with Crippen molar-refractivity contribution in [1.82, 2.24) is 5.32 Å². The molecule has 0 aliphatic carbocycles. The molecule has 0 rings (SSSR count). The predicted molar refractivity (Wildman–Crippen MR) is 185 cm³/mol. The molecule has 246 valence electrons. The van der Waals surface area contributed by atoms with Gasteiger partial charge in [0.15, 0.2) is 0 Å². The molecular weight excluding hydrogens is 532 g/mol. The lowest BCUT2D eigenvalue weighted by molar-refractivity contribution is -0.125. The molecule has 2 amide bonds. The number of hydrogen-bond acceptors (Lipinski definition) is 4. The largest absolute Gasteiger partial charge is 0.324 e. The summed E-state index contributed by atoms with van der Waals surface area (Å²) < 4.78 is 0. The maximum atomic E-state index is 11.9. The van der Waals surface area contributed by atoms with E-state index in [2.05, 4.69) is 24.4 Å². The van der Waals surface area contributed by atoms with Crippen LogP contribution in [0.25, 0.3) is 0 Å². The van der Waals surface area contributed by atoms with Gasteiger partial charge in [-0.1, -0.05) is 165 Å². The van der Waals surface area contributed by atoms with E-state index in [4.69, 9.17) is 5.73 Å². The Morgan fingerprint density at radius 3 is 1.21 bits per heavy atom. The average molecular weight is 599 g/mol. The lowest BCUT2D eigenvalue weighted by Gasteiger charge is -2.02. The SMILES string of the molecule is CCCCCCCCCCCCCC=CC=CC(=O)NC(=O)C=CC=CCCCCCCCCCCCCCC(=O)CN. The second kappa shape index (κ2) is 34.2. The van der Waals surface area contributed by atoms with Crippen molar-refractivity contribution in [3.8, 4) is 0 Å². The standard InChI is InChI=1S/C38H66N2O3/c1-2-3-4-5-6-7-8-9-11-15-18-21-24-27-30-33-37(42)40-38(43)34-31-28-25-22-19-16-13-10-12-14-17-20-23-26-29-32-36(41)35-39/h24-25,27-28,30-31,33-34H,2-23,26,29,32,35,39H2,1H3,(H,40,42,43). The minimum absolute atomic E-state index is 0.180. The highest BCUT2D eigenvalue weighted by Gasteiger charge is 2.00. The fourth-order valence-corrected chi connectivity index (χ4v) is 5.04. The van der Waals surface area contributed by atoms with E-state index >= 15 is 0 Å². The molecule has 0 fully saturated rings. The Morgan fingerprint density at radius 2 is 0.837 bits per heavy atom. The molecule has 0 heterocycles. The zero-order valence-electron chi connectivity index (χ0n) is 27.8. The average Bonchev–Trinajstić information content (AvgIpc) is 3.00. The predicted octanol–water partition coefficient (Wildman–Crippen LogP) is 10.2. The van der Waals surface area contributed by atoms with Crippen molar-refractivity contribution in [1.29, 1.82) is 0 Å². The number of hydrogen-bond donors (Lipinski definition) is 2. The van der Waals surface area contributed by atoms with Crippen LogP contribution in [-0.2, 0) is 14.4 Å². The molecule has 0 unspecified atom stereocenters. The zero-order chi connectivity index (χ0) is 31.5. The van der Waals surface area contributed by atoms with Gasteiger partial charge < -0.3 is 5.73 Å². The number of amides is 2. The number of nitrogens with two attached hydrogens (primary N) is 1. The summed E-state index contributed by atoms with van der Waals surface area (Å²) in [6.07, 6.45) is 45.1. The number of carbonyl (C=O) groups excluding carboxylic acids is 3. The van der Waals surface area contributed by atoms with Crippen molar-refractivity contribution >= 4 is 17.6 Å². The van der Waals surface area contributed by atoms with Crippen LogP contribution in [0.5, 0.6) is 0 Å². The van der Waals surface area contributed by atoms with Gasteiger partial charge in [-0.25, -0.2) is 0 Å². The number of ketones is 1. The van der Waals surface area contributed by atoms with Gasteiger partial charge in [0.25, 0.3) is 11.8 Å². The molecule has 0 aromatic heterocycles. The van der Waals surface area contributed by atoms with E-state index in [1.165, 1.54) is 134 Å². The summed E-state index contributed by atoms with van der Waals surface area (Å²) in [5, 5.41) is 2.35. The van der Waals surface area contributed by atoms with Crippen molar-refractivity contribution < 1.29 is 14.4 Å². The summed E-state index contributed by atoms with van der Waals surface area (Å²) in [4.78, 5) is 34.9. The van der Waals surface area contributed by atoms with Gasteiger partial charge in [-0.15, -0.1) is 0 Å². The zero-order valence-corrected chi connectivity index (χ0v) is 27.8. The third-order valence-electron chi connectivity index (χ3n) is 7.76. The molecule has 0 aliphatic heterocycles. The van der Waals surface area contributed by atoms with Crippen LogP contribution in [0.3, 0.4) is 0 Å². The maximum absolute atomic E-state index is 11.9. The van der Waals surface area contributed by atoms with Crippen LogP contribution in [0, 0.1) is 0 Å². The first-order valence-electron chi connectivity index (χ1n) is 17.8. The minimum Gasteiger partial charge on any atom is -0.324 e. The molecule has 0 spiro atoms. The van der Waals surface area contributed by atoms with Gasteiger partial charge in [-0.2, -0.15) is 0 Å². The lowest BCUT2D eigenvalue weighted by Crippen LogP contribution is -2.26. The van der Waals surface area contributed by atoms with E-state index in [9.17, 15) is 14.4 Å². The normalized spacial score (nSPS) is 12.0. The molecule has 0 aromatic rings. The van der Waals surface area contributed by atoms with Gasteiger partial charge in [0.2, 0.25) is 0 Å². The number of allylic oxidation sites excluding steroid dienone is 6. The Morgan fingerprint density at radius 1 is 0.488 bits per heavy atom. The van der Waals surface area contributed by atoms with E-state index < -0.39 is 11.8 Å². The Kier molecular flexibility index (Phi) is 32.4. The van der Waals surface area contributed by atoms with Crippen LogP contribution in [0.4, 0.5) is 0 Å². The third-order valence-corrected chi connectivity index (χ3v) is 7.76.